The van der Waals surface area contributed by atoms with Gasteiger partial charge in [-0.25, -0.2) is 4.98 Å². The SMILES string of the molecule is COc1ccc(Cl)c2sc(N(CCCN3CCOCC3)C(=O)COc3ccc(C)cc3)nc12.Cl. The number of carbonyl (C=O) groups excluding carboxylic acids is 1. The van der Waals surface area contributed by atoms with Gasteiger partial charge in [0.25, 0.3) is 5.91 Å². The maximum absolute atomic E-state index is 13.3. The Morgan fingerprint density at radius 1 is 1.21 bits per heavy atom. The second kappa shape index (κ2) is 12.6. The van der Waals surface area contributed by atoms with Crippen LogP contribution in [0.5, 0.6) is 11.5 Å². The average Bonchev–Trinajstić information content (AvgIpc) is 3.28. The predicted octanol–water partition coefficient (Wildman–Crippen LogP) is 4.82. The van der Waals surface area contributed by atoms with Crippen molar-refractivity contribution in [3.8, 4) is 11.5 Å². The lowest BCUT2D eigenvalue weighted by Gasteiger charge is -2.27. The minimum absolute atomic E-state index is 0. The molecule has 34 heavy (non-hydrogen) atoms. The number of morpholine rings is 1. The van der Waals surface area contributed by atoms with Gasteiger partial charge in [0, 0.05) is 26.2 Å². The van der Waals surface area contributed by atoms with Crippen molar-refractivity contribution in [2.75, 3.05) is 58.0 Å². The van der Waals surface area contributed by atoms with Gasteiger partial charge in [0.15, 0.2) is 11.7 Å². The molecule has 1 aliphatic heterocycles. The number of anilines is 1. The van der Waals surface area contributed by atoms with E-state index >= 15 is 0 Å². The molecular formula is C24H29Cl2N3O4S. The summed E-state index contributed by atoms with van der Waals surface area (Å²) in [4.78, 5) is 22.0. The van der Waals surface area contributed by atoms with Gasteiger partial charge < -0.3 is 14.2 Å². The number of halogens is 2. The highest BCUT2D eigenvalue weighted by Crippen LogP contribution is 2.38. The Morgan fingerprint density at radius 3 is 2.65 bits per heavy atom. The number of fused-ring (bicyclic) bond motifs is 1. The van der Waals surface area contributed by atoms with Gasteiger partial charge in [-0.1, -0.05) is 40.6 Å². The molecule has 0 unspecified atom stereocenters. The molecule has 184 valence electrons. The highest BCUT2D eigenvalue weighted by Gasteiger charge is 2.23. The Bertz CT molecular complexity index is 1090. The minimum atomic E-state index is -0.147. The number of benzene rings is 2. The van der Waals surface area contributed by atoms with E-state index in [9.17, 15) is 4.79 Å². The third-order valence-corrected chi connectivity index (χ3v) is 7.08. The fourth-order valence-electron chi connectivity index (χ4n) is 3.68. The quantitative estimate of drug-likeness (QED) is 0.398. The molecule has 2 heterocycles. The molecule has 0 bridgehead atoms. The summed E-state index contributed by atoms with van der Waals surface area (Å²) in [6.45, 7) is 6.70. The number of hydrogen-bond donors (Lipinski definition) is 0. The van der Waals surface area contributed by atoms with Crippen LogP contribution in [0.15, 0.2) is 36.4 Å². The van der Waals surface area contributed by atoms with Crippen molar-refractivity contribution in [1.82, 2.24) is 9.88 Å². The van der Waals surface area contributed by atoms with E-state index < -0.39 is 0 Å². The van der Waals surface area contributed by atoms with Crippen molar-refractivity contribution >= 4 is 56.6 Å². The molecule has 0 aliphatic carbocycles. The van der Waals surface area contributed by atoms with Crippen LogP contribution >= 0.6 is 35.3 Å². The number of aryl methyl sites for hydroxylation is 1. The molecule has 10 heteroatoms. The van der Waals surface area contributed by atoms with E-state index in [0.717, 1.165) is 49.5 Å². The summed E-state index contributed by atoms with van der Waals surface area (Å²) in [5.74, 6) is 1.15. The summed E-state index contributed by atoms with van der Waals surface area (Å²) in [5, 5.41) is 1.18. The lowest BCUT2D eigenvalue weighted by molar-refractivity contribution is -0.120. The van der Waals surface area contributed by atoms with Gasteiger partial charge in [-0.15, -0.1) is 12.4 Å². The first-order valence-electron chi connectivity index (χ1n) is 11.0. The maximum Gasteiger partial charge on any atom is 0.266 e. The highest BCUT2D eigenvalue weighted by atomic mass is 35.5. The van der Waals surface area contributed by atoms with Crippen LogP contribution in [0.3, 0.4) is 0 Å². The largest absolute Gasteiger partial charge is 0.494 e. The van der Waals surface area contributed by atoms with Crippen LogP contribution in [0.1, 0.15) is 12.0 Å². The van der Waals surface area contributed by atoms with Gasteiger partial charge in [0.05, 0.1) is 30.0 Å². The number of aromatic nitrogens is 1. The molecule has 1 aromatic heterocycles. The van der Waals surface area contributed by atoms with Crippen molar-refractivity contribution in [1.29, 1.82) is 0 Å². The van der Waals surface area contributed by atoms with Gasteiger partial charge >= 0.3 is 0 Å². The summed E-state index contributed by atoms with van der Waals surface area (Å²) in [6, 6.07) is 11.2. The molecule has 0 radical (unpaired) electrons. The van der Waals surface area contributed by atoms with Crippen LogP contribution in [0.25, 0.3) is 10.2 Å². The van der Waals surface area contributed by atoms with E-state index in [1.54, 1.807) is 24.1 Å². The Hall–Kier alpha value is -2.10. The topological polar surface area (TPSA) is 64.1 Å². The summed E-state index contributed by atoms with van der Waals surface area (Å²) in [5.41, 5.74) is 1.80. The fraction of sp³-hybridized carbons (Fsp3) is 0.417. The van der Waals surface area contributed by atoms with E-state index in [1.807, 2.05) is 31.2 Å². The molecule has 1 fully saturated rings. The summed E-state index contributed by atoms with van der Waals surface area (Å²) in [6.07, 6.45) is 0.817. The van der Waals surface area contributed by atoms with Crippen LogP contribution in [-0.2, 0) is 9.53 Å². The zero-order chi connectivity index (χ0) is 23.2. The molecule has 2 aromatic carbocycles. The average molecular weight is 526 g/mol. The number of thiazole rings is 1. The molecule has 0 N–H and O–H groups in total. The van der Waals surface area contributed by atoms with E-state index in [2.05, 4.69) is 4.90 Å². The van der Waals surface area contributed by atoms with Crippen molar-refractivity contribution in [2.24, 2.45) is 0 Å². The number of ether oxygens (including phenoxy) is 3. The van der Waals surface area contributed by atoms with E-state index in [4.69, 9.17) is 30.8 Å². The number of amides is 1. The van der Waals surface area contributed by atoms with E-state index in [0.29, 0.717) is 33.7 Å². The second-order valence-corrected chi connectivity index (χ2v) is 9.26. The van der Waals surface area contributed by atoms with Crippen LogP contribution < -0.4 is 14.4 Å². The standard InChI is InChI=1S/C24H28ClN3O4S.ClH/c1-17-4-6-18(7-5-17)32-16-21(29)28(11-3-10-27-12-14-31-15-13-27)24-26-22-20(30-2)9-8-19(25)23(22)33-24;/h4-9H,3,10-16H2,1-2H3;1H. The first kappa shape index (κ1) is 26.5. The third kappa shape index (κ3) is 6.52. The van der Waals surface area contributed by atoms with Crippen LogP contribution in [0.2, 0.25) is 5.02 Å². The first-order valence-corrected chi connectivity index (χ1v) is 12.2. The van der Waals surface area contributed by atoms with E-state index in [-0.39, 0.29) is 24.9 Å². The third-order valence-electron chi connectivity index (χ3n) is 5.54. The Balaban J connectivity index is 0.00000324. The molecule has 1 amide bonds. The molecule has 4 rings (SSSR count). The van der Waals surface area contributed by atoms with E-state index in [1.165, 1.54) is 11.3 Å². The monoisotopic (exact) mass is 525 g/mol. The molecule has 3 aromatic rings. The number of rotatable bonds is 9. The normalized spacial score (nSPS) is 14.0. The van der Waals surface area contributed by atoms with Gasteiger partial charge in [-0.3, -0.25) is 14.6 Å². The van der Waals surface area contributed by atoms with Crippen molar-refractivity contribution < 1.29 is 19.0 Å². The van der Waals surface area contributed by atoms with Gasteiger partial charge in [-0.05, 0) is 37.6 Å². The van der Waals surface area contributed by atoms with Crippen molar-refractivity contribution in [2.45, 2.75) is 13.3 Å². The lowest BCUT2D eigenvalue weighted by Crippen LogP contribution is -2.40. The molecule has 1 aliphatic rings. The zero-order valence-electron chi connectivity index (χ0n) is 19.3. The van der Waals surface area contributed by atoms with Crippen LogP contribution in [-0.4, -0.2) is 68.9 Å². The van der Waals surface area contributed by atoms with Crippen molar-refractivity contribution in [3.05, 3.63) is 47.0 Å². The van der Waals surface area contributed by atoms with Crippen LogP contribution in [0.4, 0.5) is 5.13 Å². The summed E-state index contributed by atoms with van der Waals surface area (Å²) in [7, 11) is 1.60. The fourth-order valence-corrected chi connectivity index (χ4v) is 4.98. The zero-order valence-corrected chi connectivity index (χ0v) is 21.7. The van der Waals surface area contributed by atoms with Gasteiger partial charge in [0.2, 0.25) is 0 Å². The smallest absolute Gasteiger partial charge is 0.266 e. The van der Waals surface area contributed by atoms with Gasteiger partial charge in [0.1, 0.15) is 17.0 Å². The molecular weight excluding hydrogens is 497 g/mol. The first-order chi connectivity index (χ1) is 16.0. The lowest BCUT2D eigenvalue weighted by atomic mass is 10.2. The number of nitrogens with zero attached hydrogens (tertiary/aromatic N) is 3. The molecule has 1 saturated heterocycles. The van der Waals surface area contributed by atoms with Gasteiger partial charge in [-0.2, -0.15) is 0 Å². The Morgan fingerprint density at radius 2 is 1.94 bits per heavy atom. The Labute approximate surface area is 215 Å². The summed E-state index contributed by atoms with van der Waals surface area (Å²) >= 11 is 7.80. The second-order valence-electron chi connectivity index (χ2n) is 7.88. The molecule has 0 saturated carbocycles. The Kier molecular flexibility index (Phi) is 9.79. The molecule has 0 spiro atoms. The highest BCUT2D eigenvalue weighted by molar-refractivity contribution is 7.23. The number of hydrogen-bond acceptors (Lipinski definition) is 7. The minimum Gasteiger partial charge on any atom is -0.494 e. The summed E-state index contributed by atoms with van der Waals surface area (Å²) < 4.78 is 17.5. The predicted molar refractivity (Wildman–Crippen MR) is 139 cm³/mol. The number of carbonyl (C=O) groups is 1. The van der Waals surface area contributed by atoms with Crippen molar-refractivity contribution in [3.63, 3.8) is 0 Å². The number of methoxy groups -OCH3 is 1. The maximum atomic E-state index is 13.3. The molecule has 0 atom stereocenters. The van der Waals surface area contributed by atoms with Crippen LogP contribution in [0, 0.1) is 6.92 Å². The molecule has 7 nitrogen and oxygen atoms in total.